The number of nitrogens with one attached hydrogen (secondary N) is 1. The molecule has 24 heavy (non-hydrogen) atoms. The molecule has 1 aromatic carbocycles. The number of anilines is 1. The van der Waals surface area contributed by atoms with Gasteiger partial charge in [0.05, 0.1) is 11.2 Å². The number of hydrogen-bond donors (Lipinski definition) is 1. The van der Waals surface area contributed by atoms with E-state index in [1.807, 2.05) is 12.1 Å². The van der Waals surface area contributed by atoms with Crippen molar-refractivity contribution in [1.29, 1.82) is 0 Å². The zero-order chi connectivity index (χ0) is 16.7. The predicted molar refractivity (Wildman–Crippen MR) is 97.3 cm³/mol. The topological polar surface area (TPSA) is 48.6 Å². The molecule has 0 aliphatic carbocycles. The summed E-state index contributed by atoms with van der Waals surface area (Å²) < 4.78 is 6.23. The summed E-state index contributed by atoms with van der Waals surface area (Å²) in [5.74, 6) is 0.908. The zero-order valence-electron chi connectivity index (χ0n) is 14.5. The van der Waals surface area contributed by atoms with Crippen molar-refractivity contribution >= 4 is 16.6 Å². The van der Waals surface area contributed by atoms with Crippen LogP contribution in [0.4, 0.5) is 5.69 Å². The summed E-state index contributed by atoms with van der Waals surface area (Å²) in [6.45, 7) is 3.17. The monoisotopic (exact) mass is 327 g/mol. The average molecular weight is 327 g/mol. The Morgan fingerprint density at radius 3 is 2.75 bits per heavy atom. The van der Waals surface area contributed by atoms with E-state index in [2.05, 4.69) is 34.9 Å². The Balaban J connectivity index is 1.71. The molecule has 5 heteroatoms. The fraction of sp³-hybridized carbons (Fsp3) is 0.526. The van der Waals surface area contributed by atoms with E-state index in [9.17, 15) is 4.79 Å². The third kappa shape index (κ3) is 2.77. The number of fused-ring (bicyclic) bond motifs is 3. The lowest BCUT2D eigenvalue weighted by molar-refractivity contribution is 0.114. The van der Waals surface area contributed by atoms with Gasteiger partial charge in [-0.15, -0.1) is 0 Å². The molecule has 0 amide bonds. The van der Waals surface area contributed by atoms with Crippen LogP contribution in [0.25, 0.3) is 10.9 Å². The summed E-state index contributed by atoms with van der Waals surface area (Å²) in [6, 6.07) is 6.06. The molecule has 0 unspecified atom stereocenters. The van der Waals surface area contributed by atoms with Crippen LogP contribution in [0.1, 0.15) is 24.8 Å². The van der Waals surface area contributed by atoms with Gasteiger partial charge in [0.15, 0.2) is 0 Å². The van der Waals surface area contributed by atoms with Gasteiger partial charge < -0.3 is 19.5 Å². The lowest BCUT2D eigenvalue weighted by Crippen LogP contribution is -2.35. The highest BCUT2D eigenvalue weighted by Crippen LogP contribution is 2.33. The number of rotatable bonds is 2. The Bertz CT molecular complexity index is 806. The summed E-state index contributed by atoms with van der Waals surface area (Å²) in [4.78, 5) is 19.9. The lowest BCUT2D eigenvalue weighted by atomic mass is 10.00. The Hall–Kier alpha value is -2.01. The van der Waals surface area contributed by atoms with Gasteiger partial charge in [0.1, 0.15) is 11.9 Å². The zero-order valence-corrected chi connectivity index (χ0v) is 14.5. The van der Waals surface area contributed by atoms with Gasteiger partial charge in [-0.3, -0.25) is 4.79 Å². The maximum atomic E-state index is 12.3. The van der Waals surface area contributed by atoms with Gasteiger partial charge in [-0.05, 0) is 50.9 Å². The van der Waals surface area contributed by atoms with E-state index in [0.717, 1.165) is 73.2 Å². The number of ether oxygens (including phenoxy) is 1. The van der Waals surface area contributed by atoms with Crippen LogP contribution in [0.5, 0.6) is 5.75 Å². The molecule has 3 heterocycles. The maximum Gasteiger partial charge on any atom is 0.253 e. The molecule has 0 atom stereocenters. The quantitative estimate of drug-likeness (QED) is 0.920. The number of nitrogens with zero attached hydrogens (tertiary/aromatic N) is 2. The van der Waals surface area contributed by atoms with Crippen molar-refractivity contribution < 1.29 is 4.74 Å². The van der Waals surface area contributed by atoms with E-state index in [1.165, 1.54) is 0 Å². The van der Waals surface area contributed by atoms with Crippen LogP contribution in [-0.2, 0) is 6.42 Å². The lowest BCUT2D eigenvalue weighted by Gasteiger charge is -2.30. The number of hydrogen-bond acceptors (Lipinski definition) is 4. The first-order valence-corrected chi connectivity index (χ1v) is 8.87. The predicted octanol–water partition coefficient (Wildman–Crippen LogP) is 2.38. The summed E-state index contributed by atoms with van der Waals surface area (Å²) >= 11 is 0. The van der Waals surface area contributed by atoms with Crippen LogP contribution >= 0.6 is 0 Å². The molecule has 5 nitrogen and oxygen atoms in total. The minimum atomic E-state index is 0.0491. The third-order valence-electron chi connectivity index (χ3n) is 5.32. The van der Waals surface area contributed by atoms with Crippen molar-refractivity contribution in [1.82, 2.24) is 9.88 Å². The van der Waals surface area contributed by atoms with Gasteiger partial charge in [-0.1, -0.05) is 0 Å². The molecule has 128 valence electrons. The van der Waals surface area contributed by atoms with E-state index < -0.39 is 0 Å². The van der Waals surface area contributed by atoms with Crippen molar-refractivity contribution in [3.63, 3.8) is 0 Å². The molecule has 0 radical (unpaired) electrons. The third-order valence-corrected chi connectivity index (χ3v) is 5.32. The normalized spacial score (nSPS) is 19.5. The van der Waals surface area contributed by atoms with E-state index in [1.54, 1.807) is 0 Å². The second-order valence-electron chi connectivity index (χ2n) is 7.13. The standard InChI is InChI=1S/C19H25N3O2/c1-21-10-7-13(8-11-21)24-14-5-6-17-16(12-14)18-15(19(23)20-17)4-3-9-22(18)2/h5-6,12-13H,3-4,7-11H2,1-2H3,(H,20,23). The minimum Gasteiger partial charge on any atom is -0.490 e. The second-order valence-corrected chi connectivity index (χ2v) is 7.13. The van der Waals surface area contributed by atoms with Gasteiger partial charge in [-0.25, -0.2) is 0 Å². The van der Waals surface area contributed by atoms with Gasteiger partial charge in [0, 0.05) is 37.6 Å². The summed E-state index contributed by atoms with van der Waals surface area (Å²) in [5, 5.41) is 1.09. The van der Waals surface area contributed by atoms with Crippen molar-refractivity contribution in [3.8, 4) is 5.75 Å². The SMILES string of the molecule is CN1CCC(Oc2ccc3[nH]c(=O)c4c(c3c2)N(C)CCC4)CC1. The molecule has 2 aromatic rings. The Kier molecular flexibility index (Phi) is 3.96. The van der Waals surface area contributed by atoms with Gasteiger partial charge in [0.25, 0.3) is 5.56 Å². The molecular formula is C19H25N3O2. The highest BCUT2D eigenvalue weighted by molar-refractivity contribution is 5.94. The number of benzene rings is 1. The van der Waals surface area contributed by atoms with E-state index in [-0.39, 0.29) is 11.7 Å². The van der Waals surface area contributed by atoms with E-state index in [4.69, 9.17) is 4.74 Å². The molecule has 1 aromatic heterocycles. The molecular weight excluding hydrogens is 302 g/mol. The van der Waals surface area contributed by atoms with Crippen molar-refractivity contribution in [2.45, 2.75) is 31.8 Å². The highest BCUT2D eigenvalue weighted by Gasteiger charge is 2.22. The second kappa shape index (κ2) is 6.13. The van der Waals surface area contributed by atoms with Crippen molar-refractivity contribution in [2.75, 3.05) is 38.6 Å². The van der Waals surface area contributed by atoms with Crippen LogP contribution < -0.4 is 15.2 Å². The molecule has 1 saturated heterocycles. The summed E-state index contributed by atoms with van der Waals surface area (Å²) in [6.07, 6.45) is 4.31. The number of piperidine rings is 1. The fourth-order valence-electron chi connectivity index (χ4n) is 3.94. The van der Waals surface area contributed by atoms with Crippen molar-refractivity contribution in [2.24, 2.45) is 0 Å². The van der Waals surface area contributed by atoms with Crippen LogP contribution in [0, 0.1) is 0 Å². The Morgan fingerprint density at radius 2 is 1.96 bits per heavy atom. The number of aromatic amines is 1. The molecule has 0 saturated carbocycles. The van der Waals surface area contributed by atoms with Gasteiger partial charge in [-0.2, -0.15) is 0 Å². The molecule has 1 N–H and O–H groups in total. The molecule has 2 aliphatic rings. The molecule has 0 bridgehead atoms. The average Bonchev–Trinajstić information content (AvgIpc) is 2.58. The summed E-state index contributed by atoms with van der Waals surface area (Å²) in [5.41, 5.74) is 2.93. The molecule has 2 aliphatic heterocycles. The van der Waals surface area contributed by atoms with Crippen LogP contribution in [0.2, 0.25) is 0 Å². The van der Waals surface area contributed by atoms with Gasteiger partial charge in [0.2, 0.25) is 0 Å². The number of H-pyrrole nitrogens is 1. The number of pyridine rings is 1. The van der Waals surface area contributed by atoms with Crippen LogP contribution in [-0.4, -0.2) is 49.7 Å². The number of likely N-dealkylation sites (tertiary alicyclic amines) is 1. The van der Waals surface area contributed by atoms with Gasteiger partial charge >= 0.3 is 0 Å². The first-order chi connectivity index (χ1) is 11.6. The van der Waals surface area contributed by atoms with E-state index >= 15 is 0 Å². The minimum absolute atomic E-state index is 0.0491. The Labute approximate surface area is 142 Å². The molecule has 4 rings (SSSR count). The largest absolute Gasteiger partial charge is 0.490 e. The van der Waals surface area contributed by atoms with Crippen molar-refractivity contribution in [3.05, 3.63) is 34.1 Å². The van der Waals surface area contributed by atoms with Crippen LogP contribution in [0.15, 0.2) is 23.0 Å². The smallest absolute Gasteiger partial charge is 0.253 e. The molecule has 0 spiro atoms. The van der Waals surface area contributed by atoms with Crippen LogP contribution in [0.3, 0.4) is 0 Å². The fourth-order valence-corrected chi connectivity index (χ4v) is 3.94. The first-order valence-electron chi connectivity index (χ1n) is 8.87. The van der Waals surface area contributed by atoms with E-state index in [0.29, 0.717) is 0 Å². The summed E-state index contributed by atoms with van der Waals surface area (Å²) in [7, 11) is 4.23. The molecule has 1 fully saturated rings. The first kappa shape index (κ1) is 15.5. The number of aromatic nitrogens is 1. The maximum absolute atomic E-state index is 12.3. The Morgan fingerprint density at radius 1 is 1.17 bits per heavy atom. The highest BCUT2D eigenvalue weighted by atomic mass is 16.5.